The maximum absolute atomic E-state index is 10.9. The van der Waals surface area contributed by atoms with Gasteiger partial charge in [0.25, 0.3) is 5.69 Å². The minimum absolute atomic E-state index is 0.0452. The first kappa shape index (κ1) is 15.1. The van der Waals surface area contributed by atoms with Crippen molar-refractivity contribution in [3.8, 4) is 11.5 Å². The molecule has 25 heavy (non-hydrogen) atoms. The van der Waals surface area contributed by atoms with Crippen molar-refractivity contribution in [1.82, 2.24) is 4.98 Å². The first-order valence-corrected chi connectivity index (χ1v) is 7.79. The molecule has 0 atom stereocenters. The fourth-order valence-electron chi connectivity index (χ4n) is 2.75. The number of furan rings is 1. The van der Waals surface area contributed by atoms with Crippen LogP contribution in [0.3, 0.4) is 0 Å². The largest absolute Gasteiger partial charge is 0.461 e. The monoisotopic (exact) mass is 334 g/mol. The van der Waals surface area contributed by atoms with E-state index in [4.69, 9.17) is 8.83 Å². The molecule has 4 rings (SSSR count). The van der Waals surface area contributed by atoms with E-state index in [-0.39, 0.29) is 5.69 Å². The van der Waals surface area contributed by atoms with Gasteiger partial charge in [-0.1, -0.05) is 18.2 Å². The molecule has 0 radical (unpaired) electrons. The molecule has 0 aliphatic heterocycles. The highest BCUT2D eigenvalue weighted by Crippen LogP contribution is 2.27. The van der Waals surface area contributed by atoms with Crippen LogP contribution in [0.2, 0.25) is 0 Å². The van der Waals surface area contributed by atoms with Gasteiger partial charge in [0.2, 0.25) is 5.89 Å². The number of fused-ring (bicyclic) bond motifs is 1. The van der Waals surface area contributed by atoms with Gasteiger partial charge in [0.05, 0.1) is 17.0 Å². The number of rotatable bonds is 4. The lowest BCUT2D eigenvalue weighted by Crippen LogP contribution is -1.88. The van der Waals surface area contributed by atoms with Crippen LogP contribution in [0, 0.1) is 17.0 Å². The predicted octanol–water partition coefficient (Wildman–Crippen LogP) is 4.90. The van der Waals surface area contributed by atoms with E-state index in [1.807, 2.05) is 37.3 Å². The van der Waals surface area contributed by atoms with Crippen LogP contribution in [-0.2, 0) is 6.42 Å². The normalized spacial score (nSPS) is 11.1. The summed E-state index contributed by atoms with van der Waals surface area (Å²) in [6.45, 7) is 1.86. The van der Waals surface area contributed by atoms with E-state index in [9.17, 15) is 10.1 Å². The molecule has 0 bridgehead atoms. The van der Waals surface area contributed by atoms with E-state index in [0.29, 0.717) is 29.0 Å². The van der Waals surface area contributed by atoms with E-state index >= 15 is 0 Å². The molecule has 4 aromatic rings. The third-order valence-corrected chi connectivity index (χ3v) is 4.02. The lowest BCUT2D eigenvalue weighted by Gasteiger charge is -1.93. The second-order valence-corrected chi connectivity index (χ2v) is 5.76. The number of benzene rings is 2. The standard InChI is InChI=1S/C19H14N2O4/c1-12-17(20-19(24-12)13-5-3-2-4-6-13)11-16-10-14-9-15(21(22)23)7-8-18(14)25-16/h2-10H,11H2,1H3. The van der Waals surface area contributed by atoms with Gasteiger partial charge in [0, 0.05) is 23.1 Å². The summed E-state index contributed by atoms with van der Waals surface area (Å²) in [6, 6.07) is 16.0. The van der Waals surface area contributed by atoms with Crippen molar-refractivity contribution in [3.05, 3.63) is 81.9 Å². The maximum Gasteiger partial charge on any atom is 0.270 e. The molecule has 6 heteroatoms. The molecule has 2 aromatic heterocycles. The Bertz CT molecular complexity index is 1060. The average molecular weight is 334 g/mol. The van der Waals surface area contributed by atoms with Crippen molar-refractivity contribution in [3.63, 3.8) is 0 Å². The zero-order valence-corrected chi connectivity index (χ0v) is 13.4. The molecule has 0 aliphatic rings. The van der Waals surface area contributed by atoms with E-state index in [1.54, 1.807) is 12.1 Å². The number of nitro benzene ring substituents is 1. The number of aromatic nitrogens is 1. The number of nitrogens with zero attached hydrogens (tertiary/aromatic N) is 2. The molecule has 2 aromatic carbocycles. The van der Waals surface area contributed by atoms with Gasteiger partial charge in [-0.05, 0) is 31.2 Å². The molecular formula is C19H14N2O4. The number of nitro groups is 1. The Kier molecular flexibility index (Phi) is 3.57. The van der Waals surface area contributed by atoms with Gasteiger partial charge in [-0.3, -0.25) is 10.1 Å². The van der Waals surface area contributed by atoms with Crippen LogP contribution in [0.5, 0.6) is 0 Å². The predicted molar refractivity (Wildman–Crippen MR) is 92.4 cm³/mol. The Labute approximate surface area is 142 Å². The van der Waals surface area contributed by atoms with Gasteiger partial charge in [-0.25, -0.2) is 4.98 Å². The molecular weight excluding hydrogens is 320 g/mol. The van der Waals surface area contributed by atoms with E-state index < -0.39 is 4.92 Å². The van der Waals surface area contributed by atoms with Crippen LogP contribution in [0.15, 0.2) is 63.4 Å². The fraction of sp³-hybridized carbons (Fsp3) is 0.105. The highest BCUT2D eigenvalue weighted by atomic mass is 16.6. The molecule has 0 spiro atoms. The highest BCUT2D eigenvalue weighted by Gasteiger charge is 2.15. The van der Waals surface area contributed by atoms with Gasteiger partial charge in [0.15, 0.2) is 0 Å². The highest BCUT2D eigenvalue weighted by molar-refractivity contribution is 5.80. The van der Waals surface area contributed by atoms with Gasteiger partial charge >= 0.3 is 0 Å². The molecule has 6 nitrogen and oxygen atoms in total. The topological polar surface area (TPSA) is 82.3 Å². The van der Waals surface area contributed by atoms with Gasteiger partial charge in [-0.15, -0.1) is 0 Å². The fourth-order valence-corrected chi connectivity index (χ4v) is 2.75. The lowest BCUT2D eigenvalue weighted by molar-refractivity contribution is -0.384. The summed E-state index contributed by atoms with van der Waals surface area (Å²) in [5, 5.41) is 11.6. The van der Waals surface area contributed by atoms with Crippen LogP contribution in [0.4, 0.5) is 5.69 Å². The van der Waals surface area contributed by atoms with E-state index in [2.05, 4.69) is 4.98 Å². The first-order valence-electron chi connectivity index (χ1n) is 7.79. The van der Waals surface area contributed by atoms with Crippen LogP contribution >= 0.6 is 0 Å². The van der Waals surface area contributed by atoms with Crippen LogP contribution < -0.4 is 0 Å². The van der Waals surface area contributed by atoms with E-state index in [1.165, 1.54) is 12.1 Å². The Morgan fingerprint density at radius 2 is 1.88 bits per heavy atom. The van der Waals surface area contributed by atoms with Crippen molar-refractivity contribution in [2.75, 3.05) is 0 Å². The molecule has 0 aliphatic carbocycles. The molecule has 0 amide bonds. The van der Waals surface area contributed by atoms with Gasteiger partial charge < -0.3 is 8.83 Å². The molecule has 0 N–H and O–H groups in total. The third kappa shape index (κ3) is 2.89. The number of oxazole rings is 1. The second kappa shape index (κ2) is 5.90. The summed E-state index contributed by atoms with van der Waals surface area (Å²) in [4.78, 5) is 15.0. The molecule has 0 saturated carbocycles. The maximum atomic E-state index is 10.9. The second-order valence-electron chi connectivity index (χ2n) is 5.76. The smallest absolute Gasteiger partial charge is 0.270 e. The minimum atomic E-state index is -0.417. The average Bonchev–Trinajstić information content (AvgIpc) is 3.18. The summed E-state index contributed by atoms with van der Waals surface area (Å²) in [7, 11) is 0. The molecule has 0 saturated heterocycles. The molecule has 124 valence electrons. The minimum Gasteiger partial charge on any atom is -0.461 e. The quantitative estimate of drug-likeness (QED) is 0.392. The summed E-state index contributed by atoms with van der Waals surface area (Å²) >= 11 is 0. The summed E-state index contributed by atoms with van der Waals surface area (Å²) in [6.07, 6.45) is 0.463. The summed E-state index contributed by atoms with van der Waals surface area (Å²) < 4.78 is 11.5. The van der Waals surface area contributed by atoms with Crippen molar-refractivity contribution in [1.29, 1.82) is 0 Å². The Morgan fingerprint density at radius 3 is 2.64 bits per heavy atom. The summed E-state index contributed by atoms with van der Waals surface area (Å²) in [5.41, 5.74) is 2.36. The third-order valence-electron chi connectivity index (χ3n) is 4.02. The first-order chi connectivity index (χ1) is 12.1. The molecule has 0 fully saturated rings. The van der Waals surface area contributed by atoms with Crippen molar-refractivity contribution in [2.45, 2.75) is 13.3 Å². The van der Waals surface area contributed by atoms with Crippen molar-refractivity contribution in [2.24, 2.45) is 0 Å². The molecule has 0 unspecified atom stereocenters. The number of hydrogen-bond donors (Lipinski definition) is 0. The van der Waals surface area contributed by atoms with Crippen LogP contribution in [0.1, 0.15) is 17.2 Å². The lowest BCUT2D eigenvalue weighted by atomic mass is 10.2. The van der Waals surface area contributed by atoms with E-state index in [0.717, 1.165) is 17.0 Å². The number of non-ortho nitro benzene ring substituents is 1. The van der Waals surface area contributed by atoms with Crippen LogP contribution in [0.25, 0.3) is 22.4 Å². The molecule has 2 heterocycles. The van der Waals surface area contributed by atoms with Crippen molar-refractivity contribution >= 4 is 16.7 Å². The zero-order chi connectivity index (χ0) is 17.4. The number of hydrogen-bond acceptors (Lipinski definition) is 5. The zero-order valence-electron chi connectivity index (χ0n) is 13.4. The Hall–Kier alpha value is -3.41. The Morgan fingerprint density at radius 1 is 1.08 bits per heavy atom. The van der Waals surface area contributed by atoms with Crippen molar-refractivity contribution < 1.29 is 13.8 Å². The van der Waals surface area contributed by atoms with Gasteiger partial charge in [0.1, 0.15) is 17.1 Å². The Balaban J connectivity index is 1.65. The van der Waals surface area contributed by atoms with Crippen LogP contribution in [-0.4, -0.2) is 9.91 Å². The number of aryl methyl sites for hydroxylation is 1. The SMILES string of the molecule is Cc1oc(-c2ccccc2)nc1Cc1cc2cc([N+](=O)[O-])ccc2o1. The summed E-state index contributed by atoms with van der Waals surface area (Å²) in [5.74, 6) is 1.98. The van der Waals surface area contributed by atoms with Gasteiger partial charge in [-0.2, -0.15) is 0 Å².